The standard InChI is InChI=1S/C30H58/c1-5-8-10-12-14-16-18-20-22-24-26-28-30(29(4)7-3)27-25-23-21-19-17-15-13-11-9-6-2/h19,21,29-30H,1-2,5-18,20,22-28H2,3-4H3/b21-19+. The lowest BCUT2D eigenvalue weighted by atomic mass is 9.83. The van der Waals surface area contributed by atoms with E-state index in [1.54, 1.807) is 0 Å². The summed E-state index contributed by atoms with van der Waals surface area (Å²) >= 11 is 0. The van der Waals surface area contributed by atoms with Gasteiger partial charge in [-0.3, -0.25) is 0 Å². The van der Waals surface area contributed by atoms with Gasteiger partial charge in [-0.05, 0) is 43.9 Å². The van der Waals surface area contributed by atoms with Crippen LogP contribution in [0.3, 0.4) is 0 Å². The molecule has 0 nitrogen and oxygen atoms in total. The first-order valence-electron chi connectivity index (χ1n) is 14.0. The summed E-state index contributed by atoms with van der Waals surface area (Å²) in [7, 11) is 0. The van der Waals surface area contributed by atoms with E-state index in [1.807, 2.05) is 0 Å². The first-order chi connectivity index (χ1) is 14.8. The monoisotopic (exact) mass is 418 g/mol. The quantitative estimate of drug-likeness (QED) is 0.108. The Labute approximate surface area is 193 Å². The molecule has 0 fully saturated rings. The molecule has 0 aliphatic rings. The van der Waals surface area contributed by atoms with E-state index in [1.165, 1.54) is 128 Å². The summed E-state index contributed by atoms with van der Waals surface area (Å²) in [6, 6.07) is 0. The molecule has 2 unspecified atom stereocenters. The van der Waals surface area contributed by atoms with Crippen LogP contribution in [0, 0.1) is 25.7 Å². The summed E-state index contributed by atoms with van der Waals surface area (Å²) in [6.07, 6.45) is 35.1. The van der Waals surface area contributed by atoms with Crippen molar-refractivity contribution in [2.45, 2.75) is 155 Å². The van der Waals surface area contributed by atoms with E-state index >= 15 is 0 Å². The number of allylic oxidation sites excluding steroid dienone is 2. The van der Waals surface area contributed by atoms with Gasteiger partial charge in [0.2, 0.25) is 0 Å². The molecule has 0 aromatic carbocycles. The third-order valence-corrected chi connectivity index (χ3v) is 7.01. The molecule has 0 saturated heterocycles. The van der Waals surface area contributed by atoms with Gasteiger partial charge in [0, 0.05) is 0 Å². The first kappa shape index (κ1) is 29.7. The lowest BCUT2D eigenvalue weighted by Crippen LogP contribution is -2.11. The number of hydrogen-bond acceptors (Lipinski definition) is 0. The summed E-state index contributed by atoms with van der Waals surface area (Å²) in [4.78, 5) is 0. The van der Waals surface area contributed by atoms with Crippen LogP contribution < -0.4 is 0 Å². The average molecular weight is 419 g/mol. The third kappa shape index (κ3) is 21.0. The van der Waals surface area contributed by atoms with Crippen LogP contribution in [-0.2, 0) is 0 Å². The molecule has 0 heterocycles. The average Bonchev–Trinajstić information content (AvgIpc) is 2.76. The SMILES string of the molecule is [CH2]CCCCCC/C=C/CCCC(CCCCCCCCCCCC[CH2])C(C)CC. The molecule has 0 aliphatic heterocycles. The summed E-state index contributed by atoms with van der Waals surface area (Å²) in [5.41, 5.74) is 0. The zero-order valence-electron chi connectivity index (χ0n) is 21.3. The Morgan fingerprint density at radius 2 is 0.933 bits per heavy atom. The Bertz CT molecular complexity index is 329. The molecule has 0 spiro atoms. The molecule has 0 heteroatoms. The van der Waals surface area contributed by atoms with Gasteiger partial charge in [0.25, 0.3) is 0 Å². The topological polar surface area (TPSA) is 0 Å². The van der Waals surface area contributed by atoms with Crippen LogP contribution in [0.1, 0.15) is 155 Å². The predicted molar refractivity (Wildman–Crippen MR) is 140 cm³/mol. The van der Waals surface area contributed by atoms with E-state index < -0.39 is 0 Å². The highest BCUT2D eigenvalue weighted by molar-refractivity contribution is 4.82. The maximum Gasteiger partial charge on any atom is -0.0351 e. The van der Waals surface area contributed by atoms with Crippen LogP contribution in [0.2, 0.25) is 0 Å². The number of rotatable bonds is 24. The molecule has 0 aliphatic carbocycles. The van der Waals surface area contributed by atoms with Gasteiger partial charge in [-0.2, -0.15) is 0 Å². The highest BCUT2D eigenvalue weighted by Crippen LogP contribution is 2.27. The van der Waals surface area contributed by atoms with Gasteiger partial charge in [-0.15, -0.1) is 0 Å². The molecule has 178 valence electrons. The van der Waals surface area contributed by atoms with E-state index in [4.69, 9.17) is 0 Å². The van der Waals surface area contributed by atoms with Gasteiger partial charge >= 0.3 is 0 Å². The fraction of sp³-hybridized carbons (Fsp3) is 0.867. The van der Waals surface area contributed by atoms with Crippen molar-refractivity contribution in [2.24, 2.45) is 11.8 Å². The minimum Gasteiger partial charge on any atom is -0.0885 e. The van der Waals surface area contributed by atoms with Crippen molar-refractivity contribution in [1.82, 2.24) is 0 Å². The van der Waals surface area contributed by atoms with Gasteiger partial charge in [0.05, 0.1) is 0 Å². The van der Waals surface area contributed by atoms with Gasteiger partial charge in [0.1, 0.15) is 0 Å². The molecule has 0 amide bonds. The second-order valence-electron chi connectivity index (χ2n) is 9.78. The fourth-order valence-corrected chi connectivity index (χ4v) is 4.57. The van der Waals surface area contributed by atoms with Crippen LogP contribution in [-0.4, -0.2) is 0 Å². The zero-order valence-corrected chi connectivity index (χ0v) is 21.3. The number of unbranched alkanes of at least 4 members (excludes halogenated alkanes) is 16. The van der Waals surface area contributed by atoms with Gasteiger partial charge in [-0.1, -0.05) is 149 Å². The van der Waals surface area contributed by atoms with Crippen molar-refractivity contribution < 1.29 is 0 Å². The van der Waals surface area contributed by atoms with E-state index in [2.05, 4.69) is 39.8 Å². The second kappa shape index (κ2) is 25.0. The summed E-state index contributed by atoms with van der Waals surface area (Å²) < 4.78 is 0. The molecule has 0 aromatic heterocycles. The second-order valence-corrected chi connectivity index (χ2v) is 9.78. The normalized spacial score (nSPS) is 13.9. The van der Waals surface area contributed by atoms with Crippen LogP contribution in [0.25, 0.3) is 0 Å². The highest BCUT2D eigenvalue weighted by atomic mass is 14.2. The minimum atomic E-state index is 0.903. The molecule has 0 N–H and O–H groups in total. The summed E-state index contributed by atoms with van der Waals surface area (Å²) in [5.74, 6) is 1.86. The first-order valence-corrected chi connectivity index (χ1v) is 14.0. The van der Waals surface area contributed by atoms with Crippen LogP contribution in [0.15, 0.2) is 12.2 Å². The molecule has 0 rings (SSSR count). The Hall–Kier alpha value is -0.260. The molecule has 0 bridgehead atoms. The van der Waals surface area contributed by atoms with E-state index in [0.717, 1.165) is 24.7 Å². The van der Waals surface area contributed by atoms with Crippen molar-refractivity contribution in [3.8, 4) is 0 Å². The lowest BCUT2D eigenvalue weighted by molar-refractivity contribution is 0.292. The maximum absolute atomic E-state index is 3.93. The fourth-order valence-electron chi connectivity index (χ4n) is 4.57. The van der Waals surface area contributed by atoms with Crippen molar-refractivity contribution in [1.29, 1.82) is 0 Å². The molecule has 0 aromatic rings. The van der Waals surface area contributed by atoms with Crippen molar-refractivity contribution in [3.05, 3.63) is 26.0 Å². The van der Waals surface area contributed by atoms with Gasteiger partial charge in [-0.25, -0.2) is 0 Å². The molecular weight excluding hydrogens is 360 g/mol. The summed E-state index contributed by atoms with van der Waals surface area (Å²) in [6.45, 7) is 12.7. The van der Waals surface area contributed by atoms with E-state index in [0.29, 0.717) is 0 Å². The minimum absolute atomic E-state index is 0.903. The smallest absolute Gasteiger partial charge is 0.0351 e. The van der Waals surface area contributed by atoms with Gasteiger partial charge in [0.15, 0.2) is 0 Å². The van der Waals surface area contributed by atoms with E-state index in [9.17, 15) is 0 Å². The highest BCUT2D eigenvalue weighted by Gasteiger charge is 2.14. The van der Waals surface area contributed by atoms with Crippen LogP contribution >= 0.6 is 0 Å². The Kier molecular flexibility index (Phi) is 24.8. The molecule has 2 atom stereocenters. The van der Waals surface area contributed by atoms with Crippen molar-refractivity contribution >= 4 is 0 Å². The van der Waals surface area contributed by atoms with Crippen LogP contribution in [0.4, 0.5) is 0 Å². The van der Waals surface area contributed by atoms with Crippen molar-refractivity contribution in [2.75, 3.05) is 0 Å². The van der Waals surface area contributed by atoms with E-state index in [-0.39, 0.29) is 0 Å². The molecule has 0 saturated carbocycles. The molecular formula is C30H58. The number of hydrogen-bond donors (Lipinski definition) is 0. The van der Waals surface area contributed by atoms with Crippen LogP contribution in [0.5, 0.6) is 0 Å². The Morgan fingerprint density at radius 3 is 1.43 bits per heavy atom. The molecule has 2 radical (unpaired) electrons. The van der Waals surface area contributed by atoms with Gasteiger partial charge < -0.3 is 0 Å². The maximum atomic E-state index is 3.93. The largest absolute Gasteiger partial charge is 0.0885 e. The molecule has 30 heavy (non-hydrogen) atoms. The Balaban J connectivity index is 3.65. The predicted octanol–water partition coefficient (Wildman–Crippen LogP) is 11.1. The third-order valence-electron chi connectivity index (χ3n) is 7.01. The summed E-state index contributed by atoms with van der Waals surface area (Å²) in [5, 5.41) is 0. The Morgan fingerprint density at radius 1 is 0.533 bits per heavy atom. The lowest BCUT2D eigenvalue weighted by Gasteiger charge is -2.23. The van der Waals surface area contributed by atoms with Crippen molar-refractivity contribution in [3.63, 3.8) is 0 Å². The zero-order chi connectivity index (χ0) is 22.1.